The minimum Gasteiger partial charge on any atom is -0.368 e. The number of hydrogen-bond acceptors (Lipinski definition) is 2. The van der Waals surface area contributed by atoms with Gasteiger partial charge in [-0.15, -0.1) is 11.6 Å². The SMILES string of the molecule is CC(C)(C)CC(Cl)CNc1nccc2c(Br)cccc12. The van der Waals surface area contributed by atoms with Gasteiger partial charge >= 0.3 is 0 Å². The van der Waals surface area contributed by atoms with Crippen molar-refractivity contribution in [1.82, 2.24) is 4.98 Å². The van der Waals surface area contributed by atoms with E-state index in [4.69, 9.17) is 11.6 Å². The van der Waals surface area contributed by atoms with E-state index in [9.17, 15) is 0 Å². The highest BCUT2D eigenvalue weighted by atomic mass is 79.9. The van der Waals surface area contributed by atoms with Crippen molar-refractivity contribution in [1.29, 1.82) is 0 Å². The van der Waals surface area contributed by atoms with Crippen molar-refractivity contribution in [3.05, 3.63) is 34.9 Å². The molecule has 1 unspecified atom stereocenters. The predicted molar refractivity (Wildman–Crippen MR) is 91.6 cm³/mol. The molecular formula is C16H20BrClN2. The second-order valence-electron chi connectivity index (χ2n) is 6.24. The normalized spacial score (nSPS) is 13.4. The maximum atomic E-state index is 6.40. The summed E-state index contributed by atoms with van der Waals surface area (Å²) >= 11 is 9.97. The van der Waals surface area contributed by atoms with Gasteiger partial charge in [0.15, 0.2) is 0 Å². The van der Waals surface area contributed by atoms with Gasteiger partial charge in [0.2, 0.25) is 0 Å². The van der Waals surface area contributed by atoms with Crippen LogP contribution in [0.15, 0.2) is 34.9 Å². The molecule has 0 saturated heterocycles. The van der Waals surface area contributed by atoms with Crippen LogP contribution in [0.3, 0.4) is 0 Å². The van der Waals surface area contributed by atoms with E-state index in [1.165, 1.54) is 0 Å². The van der Waals surface area contributed by atoms with E-state index < -0.39 is 0 Å². The lowest BCUT2D eigenvalue weighted by Gasteiger charge is -2.22. The summed E-state index contributed by atoms with van der Waals surface area (Å²) in [4.78, 5) is 4.43. The van der Waals surface area contributed by atoms with Crippen molar-refractivity contribution < 1.29 is 0 Å². The fraction of sp³-hybridized carbons (Fsp3) is 0.438. The molecule has 0 amide bonds. The molecule has 20 heavy (non-hydrogen) atoms. The summed E-state index contributed by atoms with van der Waals surface area (Å²) in [5.74, 6) is 0.892. The number of hydrogen-bond donors (Lipinski definition) is 1. The summed E-state index contributed by atoms with van der Waals surface area (Å²) in [6.45, 7) is 7.33. The van der Waals surface area contributed by atoms with Gasteiger partial charge in [-0.2, -0.15) is 0 Å². The van der Waals surface area contributed by atoms with E-state index >= 15 is 0 Å². The Bertz CT molecular complexity index is 593. The van der Waals surface area contributed by atoms with E-state index in [0.29, 0.717) is 0 Å². The Kier molecular flexibility index (Phi) is 4.92. The average Bonchev–Trinajstić information content (AvgIpc) is 2.35. The highest BCUT2D eigenvalue weighted by Crippen LogP contribution is 2.28. The van der Waals surface area contributed by atoms with Gasteiger partial charge in [-0.25, -0.2) is 4.98 Å². The number of nitrogens with one attached hydrogen (secondary N) is 1. The Morgan fingerprint density at radius 3 is 2.70 bits per heavy atom. The van der Waals surface area contributed by atoms with Crippen LogP contribution in [0.4, 0.5) is 5.82 Å². The third-order valence-electron chi connectivity index (χ3n) is 3.08. The lowest BCUT2D eigenvalue weighted by atomic mass is 9.90. The van der Waals surface area contributed by atoms with Gasteiger partial charge in [0, 0.05) is 28.0 Å². The van der Waals surface area contributed by atoms with E-state index in [2.05, 4.69) is 53.1 Å². The summed E-state index contributed by atoms with van der Waals surface area (Å²) in [6.07, 6.45) is 2.79. The fourth-order valence-corrected chi connectivity index (χ4v) is 3.29. The minimum absolute atomic E-state index is 0.0965. The van der Waals surface area contributed by atoms with Crippen LogP contribution >= 0.6 is 27.5 Å². The van der Waals surface area contributed by atoms with E-state index in [1.807, 2.05) is 24.4 Å². The van der Waals surface area contributed by atoms with Gasteiger partial charge in [-0.1, -0.05) is 48.8 Å². The Hall–Kier alpha value is -0.800. The minimum atomic E-state index is 0.0965. The molecule has 1 atom stereocenters. The molecule has 0 fully saturated rings. The summed E-state index contributed by atoms with van der Waals surface area (Å²) < 4.78 is 1.08. The molecule has 0 saturated carbocycles. The first kappa shape index (κ1) is 15.6. The van der Waals surface area contributed by atoms with Crippen LogP contribution in [0.5, 0.6) is 0 Å². The fourth-order valence-electron chi connectivity index (χ4n) is 2.25. The van der Waals surface area contributed by atoms with Crippen LogP contribution < -0.4 is 5.32 Å². The molecule has 2 aromatic rings. The Labute approximate surface area is 134 Å². The zero-order chi connectivity index (χ0) is 14.8. The van der Waals surface area contributed by atoms with Gasteiger partial charge in [0.25, 0.3) is 0 Å². The first-order valence-corrected chi connectivity index (χ1v) is 8.01. The summed E-state index contributed by atoms with van der Waals surface area (Å²) in [6, 6.07) is 8.14. The molecule has 1 heterocycles. The molecule has 0 spiro atoms. The highest BCUT2D eigenvalue weighted by Gasteiger charge is 2.17. The Balaban J connectivity index is 2.13. The van der Waals surface area contributed by atoms with Crippen LogP contribution in [0.1, 0.15) is 27.2 Å². The standard InChI is InChI=1S/C16H20BrClN2/c1-16(2,3)9-11(18)10-20-15-13-5-4-6-14(17)12(13)7-8-19-15/h4-8,11H,9-10H2,1-3H3,(H,19,20). The van der Waals surface area contributed by atoms with Crippen molar-refractivity contribution in [2.75, 3.05) is 11.9 Å². The zero-order valence-corrected chi connectivity index (χ0v) is 14.4. The van der Waals surface area contributed by atoms with Gasteiger partial charge in [0.05, 0.1) is 5.38 Å². The summed E-state index contributed by atoms with van der Waals surface area (Å²) in [5.41, 5.74) is 0.239. The summed E-state index contributed by atoms with van der Waals surface area (Å²) in [5, 5.41) is 5.74. The first-order valence-electron chi connectivity index (χ1n) is 6.78. The maximum Gasteiger partial charge on any atom is 0.133 e. The maximum absolute atomic E-state index is 6.40. The summed E-state index contributed by atoms with van der Waals surface area (Å²) in [7, 11) is 0. The smallest absolute Gasteiger partial charge is 0.133 e. The first-order chi connectivity index (χ1) is 9.37. The number of nitrogens with zero attached hydrogens (tertiary/aromatic N) is 1. The zero-order valence-electron chi connectivity index (χ0n) is 12.1. The molecule has 1 aromatic carbocycles. The molecule has 4 heteroatoms. The Morgan fingerprint density at radius 2 is 2.00 bits per heavy atom. The van der Waals surface area contributed by atoms with Crippen LogP contribution in [0, 0.1) is 5.41 Å². The van der Waals surface area contributed by atoms with E-state index in [0.717, 1.165) is 34.0 Å². The number of alkyl halides is 1. The topological polar surface area (TPSA) is 24.9 Å². The number of aromatic nitrogens is 1. The molecule has 0 radical (unpaired) electrons. The quantitative estimate of drug-likeness (QED) is 0.737. The number of pyridine rings is 1. The third kappa shape index (κ3) is 4.10. The lowest BCUT2D eigenvalue weighted by molar-refractivity contribution is 0.373. The molecule has 0 aliphatic carbocycles. The van der Waals surface area contributed by atoms with Crippen molar-refractivity contribution in [2.45, 2.75) is 32.6 Å². The largest absolute Gasteiger partial charge is 0.368 e. The van der Waals surface area contributed by atoms with E-state index in [-0.39, 0.29) is 10.8 Å². The van der Waals surface area contributed by atoms with Crippen molar-refractivity contribution in [3.63, 3.8) is 0 Å². The average molecular weight is 356 g/mol. The van der Waals surface area contributed by atoms with Crippen molar-refractivity contribution >= 4 is 44.1 Å². The molecular weight excluding hydrogens is 336 g/mol. The molecule has 0 aliphatic rings. The molecule has 1 N–H and O–H groups in total. The van der Waals surface area contributed by atoms with Gasteiger partial charge in [0.1, 0.15) is 5.82 Å². The lowest BCUT2D eigenvalue weighted by Crippen LogP contribution is -2.21. The van der Waals surface area contributed by atoms with Crippen LogP contribution in [0.25, 0.3) is 10.8 Å². The van der Waals surface area contributed by atoms with Gasteiger partial charge in [-0.3, -0.25) is 0 Å². The molecule has 2 nitrogen and oxygen atoms in total. The molecule has 1 aromatic heterocycles. The van der Waals surface area contributed by atoms with Crippen molar-refractivity contribution in [2.24, 2.45) is 5.41 Å². The highest BCUT2D eigenvalue weighted by molar-refractivity contribution is 9.10. The number of fused-ring (bicyclic) bond motifs is 1. The second kappa shape index (κ2) is 6.31. The van der Waals surface area contributed by atoms with Gasteiger partial charge in [-0.05, 0) is 24.0 Å². The molecule has 0 aliphatic heterocycles. The monoisotopic (exact) mass is 354 g/mol. The number of halogens is 2. The van der Waals surface area contributed by atoms with Crippen LogP contribution in [0.2, 0.25) is 0 Å². The van der Waals surface area contributed by atoms with E-state index in [1.54, 1.807) is 0 Å². The predicted octanol–water partition coefficient (Wildman–Crippen LogP) is 5.45. The molecule has 2 rings (SSSR count). The van der Waals surface area contributed by atoms with Gasteiger partial charge < -0.3 is 5.32 Å². The number of anilines is 1. The van der Waals surface area contributed by atoms with Crippen LogP contribution in [-0.4, -0.2) is 16.9 Å². The second-order valence-corrected chi connectivity index (χ2v) is 7.71. The Morgan fingerprint density at radius 1 is 1.25 bits per heavy atom. The van der Waals surface area contributed by atoms with Crippen molar-refractivity contribution in [3.8, 4) is 0 Å². The van der Waals surface area contributed by atoms with Crippen LogP contribution in [-0.2, 0) is 0 Å². The number of rotatable bonds is 4. The third-order valence-corrected chi connectivity index (χ3v) is 4.08. The molecule has 0 bridgehead atoms. The molecule has 108 valence electrons. The number of benzene rings is 1.